The van der Waals surface area contributed by atoms with E-state index in [-0.39, 0.29) is 24.7 Å². The predicted octanol–water partition coefficient (Wildman–Crippen LogP) is 2.05. The number of rotatable bonds is 7. The van der Waals surface area contributed by atoms with Gasteiger partial charge in [-0.25, -0.2) is 8.42 Å². The molecule has 134 valence electrons. The van der Waals surface area contributed by atoms with Crippen LogP contribution < -0.4 is 4.74 Å². The zero-order valence-electron chi connectivity index (χ0n) is 14.1. The second-order valence-corrected chi connectivity index (χ2v) is 8.44. The normalized spacial score (nSPS) is 15.0. The highest BCUT2D eigenvalue weighted by Crippen LogP contribution is 2.22. The van der Waals surface area contributed by atoms with Gasteiger partial charge in [-0.05, 0) is 36.2 Å². The molecule has 7 heteroatoms. The molecule has 1 aliphatic heterocycles. The molecule has 1 saturated heterocycles. The van der Waals surface area contributed by atoms with Crippen molar-refractivity contribution in [2.75, 3.05) is 20.2 Å². The summed E-state index contributed by atoms with van der Waals surface area (Å²) in [6.45, 7) is 0.537. The zero-order valence-corrected chi connectivity index (χ0v) is 14.9. The van der Waals surface area contributed by atoms with Crippen molar-refractivity contribution >= 4 is 15.7 Å². The van der Waals surface area contributed by atoms with Gasteiger partial charge < -0.3 is 14.1 Å². The highest BCUT2D eigenvalue weighted by molar-refractivity contribution is 7.91. The lowest BCUT2D eigenvalue weighted by Gasteiger charge is -2.38. The molecule has 0 unspecified atom stereocenters. The van der Waals surface area contributed by atoms with Gasteiger partial charge in [0.05, 0.1) is 18.6 Å². The van der Waals surface area contributed by atoms with E-state index in [2.05, 4.69) is 0 Å². The molecule has 0 saturated carbocycles. The van der Waals surface area contributed by atoms with Crippen molar-refractivity contribution in [3.63, 3.8) is 0 Å². The Morgan fingerprint density at radius 1 is 1.24 bits per heavy atom. The lowest BCUT2D eigenvalue weighted by Crippen LogP contribution is -2.57. The SMILES string of the molecule is COc1ccc(CCC(=O)N2CC(S(=O)(=O)Cc3ccco3)C2)cc1. The summed E-state index contributed by atoms with van der Waals surface area (Å²) in [7, 11) is -1.68. The lowest BCUT2D eigenvalue weighted by atomic mass is 10.1. The number of amides is 1. The topological polar surface area (TPSA) is 76.8 Å². The first-order chi connectivity index (χ1) is 12.0. The first kappa shape index (κ1) is 17.5. The van der Waals surface area contributed by atoms with Crippen LogP contribution in [0.5, 0.6) is 5.75 Å². The van der Waals surface area contributed by atoms with Crippen LogP contribution >= 0.6 is 0 Å². The second kappa shape index (κ2) is 7.31. The molecular formula is C18H21NO5S. The summed E-state index contributed by atoms with van der Waals surface area (Å²) in [6, 6.07) is 10.9. The largest absolute Gasteiger partial charge is 0.497 e. The Balaban J connectivity index is 1.46. The fourth-order valence-electron chi connectivity index (χ4n) is 2.78. The van der Waals surface area contributed by atoms with Gasteiger partial charge in [0.2, 0.25) is 5.91 Å². The first-order valence-corrected chi connectivity index (χ1v) is 9.84. The second-order valence-electron chi connectivity index (χ2n) is 6.16. The molecule has 1 aliphatic rings. The third kappa shape index (κ3) is 4.22. The number of methoxy groups -OCH3 is 1. The van der Waals surface area contributed by atoms with Crippen molar-refractivity contribution in [3.05, 3.63) is 54.0 Å². The average molecular weight is 363 g/mol. The fourth-order valence-corrected chi connectivity index (χ4v) is 4.39. The Morgan fingerprint density at radius 3 is 2.56 bits per heavy atom. The van der Waals surface area contributed by atoms with E-state index in [0.717, 1.165) is 11.3 Å². The Morgan fingerprint density at radius 2 is 1.96 bits per heavy atom. The number of hydrogen-bond donors (Lipinski definition) is 0. The van der Waals surface area contributed by atoms with Gasteiger partial charge >= 0.3 is 0 Å². The summed E-state index contributed by atoms with van der Waals surface area (Å²) in [5, 5.41) is -0.498. The minimum Gasteiger partial charge on any atom is -0.497 e. The number of sulfone groups is 1. The number of carbonyl (C=O) groups is 1. The van der Waals surface area contributed by atoms with Crippen LogP contribution in [-0.4, -0.2) is 44.7 Å². The Kier molecular flexibility index (Phi) is 5.13. The number of ether oxygens (including phenoxy) is 1. The summed E-state index contributed by atoms with van der Waals surface area (Å²) in [5.41, 5.74) is 1.05. The van der Waals surface area contributed by atoms with E-state index in [9.17, 15) is 13.2 Å². The number of likely N-dealkylation sites (tertiary alicyclic amines) is 1. The van der Waals surface area contributed by atoms with E-state index >= 15 is 0 Å². The highest BCUT2D eigenvalue weighted by atomic mass is 32.2. The van der Waals surface area contributed by atoms with Gasteiger partial charge in [0.1, 0.15) is 17.3 Å². The summed E-state index contributed by atoms with van der Waals surface area (Å²) >= 11 is 0. The minimum atomic E-state index is -3.29. The monoisotopic (exact) mass is 363 g/mol. The van der Waals surface area contributed by atoms with E-state index in [1.54, 1.807) is 24.1 Å². The minimum absolute atomic E-state index is 0.0136. The third-order valence-corrected chi connectivity index (χ3v) is 6.42. The van der Waals surface area contributed by atoms with Crippen molar-refractivity contribution in [1.29, 1.82) is 0 Å². The molecular weight excluding hydrogens is 342 g/mol. The maximum Gasteiger partial charge on any atom is 0.222 e. The number of hydrogen-bond acceptors (Lipinski definition) is 5. The van der Waals surface area contributed by atoms with Crippen molar-refractivity contribution in [3.8, 4) is 5.75 Å². The van der Waals surface area contributed by atoms with Crippen LogP contribution in [0.25, 0.3) is 0 Å². The van der Waals surface area contributed by atoms with Crippen molar-refractivity contribution < 1.29 is 22.4 Å². The van der Waals surface area contributed by atoms with Crippen LogP contribution in [-0.2, 0) is 26.8 Å². The van der Waals surface area contributed by atoms with Crippen LogP contribution in [0.15, 0.2) is 47.1 Å². The first-order valence-electron chi connectivity index (χ1n) is 8.12. The fraction of sp³-hybridized carbons (Fsp3) is 0.389. The molecule has 0 spiro atoms. The molecule has 1 aromatic carbocycles. The molecule has 2 heterocycles. The zero-order chi connectivity index (χ0) is 17.9. The molecule has 2 aromatic rings. The summed E-state index contributed by atoms with van der Waals surface area (Å²) < 4.78 is 34.8. The number of furan rings is 1. The Bertz CT molecular complexity index is 806. The molecule has 1 fully saturated rings. The summed E-state index contributed by atoms with van der Waals surface area (Å²) in [6.07, 6.45) is 2.46. The maximum absolute atomic E-state index is 12.3. The Labute approximate surface area is 147 Å². The van der Waals surface area contributed by atoms with Gasteiger partial charge in [-0.3, -0.25) is 4.79 Å². The molecule has 0 radical (unpaired) electrons. The third-order valence-electron chi connectivity index (χ3n) is 4.42. The smallest absolute Gasteiger partial charge is 0.222 e. The van der Waals surface area contributed by atoms with E-state index < -0.39 is 15.1 Å². The number of benzene rings is 1. The number of carbonyl (C=O) groups excluding carboxylic acids is 1. The van der Waals surface area contributed by atoms with Crippen molar-refractivity contribution in [1.82, 2.24) is 4.90 Å². The van der Waals surface area contributed by atoms with E-state index in [0.29, 0.717) is 18.6 Å². The molecule has 3 rings (SSSR count). The standard InChI is InChI=1S/C18H21NO5S/c1-23-15-7-4-14(5-8-15)6-9-18(20)19-11-17(12-19)25(21,22)13-16-3-2-10-24-16/h2-5,7-8,10,17H,6,9,11-13H2,1H3. The van der Waals surface area contributed by atoms with Crippen LogP contribution in [0.1, 0.15) is 17.7 Å². The highest BCUT2D eigenvalue weighted by Gasteiger charge is 2.39. The van der Waals surface area contributed by atoms with Gasteiger partial charge in [-0.2, -0.15) is 0 Å². The van der Waals surface area contributed by atoms with Gasteiger partial charge in [-0.15, -0.1) is 0 Å². The molecule has 1 amide bonds. The predicted molar refractivity (Wildman–Crippen MR) is 93.0 cm³/mol. The van der Waals surface area contributed by atoms with Gasteiger partial charge in [-0.1, -0.05) is 12.1 Å². The average Bonchev–Trinajstić information content (AvgIpc) is 3.03. The van der Waals surface area contributed by atoms with Crippen LogP contribution in [0.4, 0.5) is 0 Å². The van der Waals surface area contributed by atoms with Gasteiger partial charge in [0.15, 0.2) is 9.84 Å². The number of aryl methyl sites for hydroxylation is 1. The van der Waals surface area contributed by atoms with Gasteiger partial charge in [0, 0.05) is 19.5 Å². The van der Waals surface area contributed by atoms with Crippen molar-refractivity contribution in [2.24, 2.45) is 0 Å². The lowest BCUT2D eigenvalue weighted by molar-refractivity contribution is -0.134. The summed E-state index contributed by atoms with van der Waals surface area (Å²) in [5.74, 6) is 1.09. The quantitative estimate of drug-likeness (QED) is 0.752. The van der Waals surface area contributed by atoms with E-state index in [1.165, 1.54) is 6.26 Å². The molecule has 0 aliphatic carbocycles. The van der Waals surface area contributed by atoms with Gasteiger partial charge in [0.25, 0.3) is 0 Å². The van der Waals surface area contributed by atoms with Crippen LogP contribution in [0, 0.1) is 0 Å². The Hall–Kier alpha value is -2.28. The molecule has 0 bridgehead atoms. The van der Waals surface area contributed by atoms with Crippen LogP contribution in [0.2, 0.25) is 0 Å². The summed E-state index contributed by atoms with van der Waals surface area (Å²) in [4.78, 5) is 13.8. The molecule has 0 atom stereocenters. The maximum atomic E-state index is 12.3. The van der Waals surface area contributed by atoms with E-state index in [4.69, 9.17) is 9.15 Å². The number of nitrogens with zero attached hydrogens (tertiary/aromatic N) is 1. The molecule has 1 aromatic heterocycles. The molecule has 6 nitrogen and oxygen atoms in total. The van der Waals surface area contributed by atoms with Crippen LogP contribution in [0.3, 0.4) is 0 Å². The van der Waals surface area contributed by atoms with Crippen molar-refractivity contribution in [2.45, 2.75) is 23.8 Å². The molecule has 25 heavy (non-hydrogen) atoms. The molecule has 0 N–H and O–H groups in total. The van der Waals surface area contributed by atoms with E-state index in [1.807, 2.05) is 24.3 Å².